The standard InChI is InChI=1S/C46H27N3S2/c1-3-12-28(13-4-1)36-27-37(48-46(47-36)29-14-5-2-6-15-29)30-22-24-41-35(26-30)43-42(50-41)25-23-33-31-16-7-9-19-38(31)49(44(33)43)39-20-11-18-34-32-17-8-10-21-40(32)51-45(34)39/h1-27H. The molecule has 0 radical (unpaired) electrons. The van der Waals surface area contributed by atoms with Crippen LogP contribution in [0.2, 0.25) is 0 Å². The smallest absolute Gasteiger partial charge is 0.160 e. The first-order valence-electron chi connectivity index (χ1n) is 17.1. The number of aromatic nitrogens is 3. The molecule has 0 N–H and O–H groups in total. The number of benzene rings is 7. The summed E-state index contributed by atoms with van der Waals surface area (Å²) in [4.78, 5) is 10.2. The summed E-state index contributed by atoms with van der Waals surface area (Å²) in [6, 6.07) is 58.7. The van der Waals surface area contributed by atoms with Gasteiger partial charge in [-0.3, -0.25) is 0 Å². The predicted octanol–water partition coefficient (Wildman–Crippen LogP) is 13.3. The highest BCUT2D eigenvalue weighted by Gasteiger charge is 2.21. The quantitative estimate of drug-likeness (QED) is 0.185. The molecule has 238 valence electrons. The van der Waals surface area contributed by atoms with Gasteiger partial charge >= 0.3 is 0 Å². The summed E-state index contributed by atoms with van der Waals surface area (Å²) >= 11 is 3.74. The van der Waals surface area contributed by atoms with Crippen LogP contribution in [-0.2, 0) is 0 Å². The maximum absolute atomic E-state index is 5.18. The van der Waals surface area contributed by atoms with E-state index in [1.54, 1.807) is 0 Å². The lowest BCUT2D eigenvalue weighted by molar-refractivity contribution is 1.18. The normalized spacial score (nSPS) is 11.9. The van der Waals surface area contributed by atoms with Crippen LogP contribution in [0.1, 0.15) is 0 Å². The van der Waals surface area contributed by atoms with E-state index in [1.165, 1.54) is 67.8 Å². The number of fused-ring (bicyclic) bond motifs is 10. The summed E-state index contributed by atoms with van der Waals surface area (Å²) in [7, 11) is 0. The molecule has 0 bridgehead atoms. The van der Waals surface area contributed by atoms with Crippen molar-refractivity contribution in [3.8, 4) is 39.6 Å². The molecule has 0 aliphatic rings. The molecule has 0 saturated heterocycles. The third kappa shape index (κ3) is 4.42. The molecule has 4 heterocycles. The van der Waals surface area contributed by atoms with Crippen molar-refractivity contribution in [1.29, 1.82) is 0 Å². The second-order valence-corrected chi connectivity index (χ2v) is 15.1. The second-order valence-electron chi connectivity index (χ2n) is 12.9. The highest BCUT2D eigenvalue weighted by Crippen LogP contribution is 2.46. The largest absolute Gasteiger partial charge is 0.307 e. The van der Waals surface area contributed by atoms with Gasteiger partial charge in [0.25, 0.3) is 0 Å². The maximum atomic E-state index is 5.18. The fraction of sp³-hybridized carbons (Fsp3) is 0. The first kappa shape index (κ1) is 28.7. The Morgan fingerprint density at radius 3 is 1.92 bits per heavy atom. The third-order valence-corrected chi connectivity index (χ3v) is 12.4. The topological polar surface area (TPSA) is 30.7 Å². The molecule has 4 aromatic heterocycles. The molecular weight excluding hydrogens is 659 g/mol. The Morgan fingerprint density at radius 2 is 1.08 bits per heavy atom. The second kappa shape index (κ2) is 11.2. The number of rotatable bonds is 4. The minimum atomic E-state index is 0.723. The van der Waals surface area contributed by atoms with Gasteiger partial charge in [-0.05, 0) is 42.5 Å². The van der Waals surface area contributed by atoms with E-state index >= 15 is 0 Å². The van der Waals surface area contributed by atoms with Gasteiger partial charge in [-0.2, -0.15) is 0 Å². The molecule has 51 heavy (non-hydrogen) atoms. The number of nitrogens with zero attached hydrogens (tertiary/aromatic N) is 3. The fourth-order valence-electron chi connectivity index (χ4n) is 7.70. The summed E-state index contributed by atoms with van der Waals surface area (Å²) in [6.07, 6.45) is 0. The third-order valence-electron chi connectivity index (χ3n) is 10.0. The molecule has 0 amide bonds. The predicted molar refractivity (Wildman–Crippen MR) is 218 cm³/mol. The van der Waals surface area contributed by atoms with Crippen LogP contribution in [-0.4, -0.2) is 14.5 Å². The minimum absolute atomic E-state index is 0.723. The van der Waals surface area contributed by atoms with Crippen molar-refractivity contribution in [2.75, 3.05) is 0 Å². The maximum Gasteiger partial charge on any atom is 0.160 e. The van der Waals surface area contributed by atoms with Gasteiger partial charge in [0.1, 0.15) is 0 Å². The SMILES string of the molecule is c1ccc(-c2cc(-c3ccc4sc5ccc6c7ccccc7n(-c7cccc8c7sc7ccccc78)c6c5c4c3)nc(-c3ccccc3)n2)cc1. The van der Waals surface area contributed by atoms with Crippen molar-refractivity contribution in [3.63, 3.8) is 0 Å². The number of hydrogen-bond acceptors (Lipinski definition) is 4. The fourth-order valence-corrected chi connectivity index (χ4v) is 10.00. The van der Waals surface area contributed by atoms with Crippen LogP contribution in [0, 0.1) is 0 Å². The van der Waals surface area contributed by atoms with Gasteiger partial charge in [-0.1, -0.05) is 121 Å². The Labute approximate surface area is 301 Å². The van der Waals surface area contributed by atoms with Crippen LogP contribution in [0.3, 0.4) is 0 Å². The molecule has 11 aromatic rings. The van der Waals surface area contributed by atoms with Gasteiger partial charge < -0.3 is 4.57 Å². The number of thiophene rings is 2. The molecule has 0 aliphatic heterocycles. The van der Waals surface area contributed by atoms with Gasteiger partial charge in [0, 0.05) is 63.1 Å². The summed E-state index contributed by atoms with van der Waals surface area (Å²) in [5.74, 6) is 0.723. The van der Waals surface area contributed by atoms with Crippen LogP contribution >= 0.6 is 22.7 Å². The molecule has 0 unspecified atom stereocenters. The van der Waals surface area contributed by atoms with Crippen LogP contribution in [0.15, 0.2) is 164 Å². The van der Waals surface area contributed by atoms with Crippen molar-refractivity contribution in [2.24, 2.45) is 0 Å². The molecule has 0 saturated carbocycles. The van der Waals surface area contributed by atoms with E-state index in [0.717, 1.165) is 33.9 Å². The summed E-state index contributed by atoms with van der Waals surface area (Å²) in [5.41, 5.74) is 8.66. The Bertz CT molecular complexity index is 3080. The van der Waals surface area contributed by atoms with Crippen LogP contribution in [0.5, 0.6) is 0 Å². The summed E-state index contributed by atoms with van der Waals surface area (Å²) < 4.78 is 7.68. The van der Waals surface area contributed by atoms with Crippen LogP contribution < -0.4 is 0 Å². The van der Waals surface area contributed by atoms with Crippen molar-refractivity contribution in [2.45, 2.75) is 0 Å². The molecule has 11 rings (SSSR count). The lowest BCUT2D eigenvalue weighted by atomic mass is 10.0. The van der Waals surface area contributed by atoms with Crippen LogP contribution in [0.25, 0.3) is 102 Å². The average Bonchev–Trinajstić information content (AvgIpc) is 3.87. The van der Waals surface area contributed by atoms with Gasteiger partial charge in [0.2, 0.25) is 0 Å². The van der Waals surface area contributed by atoms with Gasteiger partial charge in [0.15, 0.2) is 5.82 Å². The van der Waals surface area contributed by atoms with Gasteiger partial charge in [0.05, 0.1) is 32.8 Å². The highest BCUT2D eigenvalue weighted by atomic mass is 32.1. The van der Waals surface area contributed by atoms with Crippen molar-refractivity contribution < 1.29 is 0 Å². The molecular formula is C46H27N3S2. The van der Waals surface area contributed by atoms with Crippen molar-refractivity contribution in [1.82, 2.24) is 14.5 Å². The Morgan fingerprint density at radius 1 is 0.412 bits per heavy atom. The zero-order valence-corrected chi connectivity index (χ0v) is 28.9. The van der Waals surface area contributed by atoms with Gasteiger partial charge in [-0.15, -0.1) is 22.7 Å². The van der Waals surface area contributed by atoms with E-state index in [2.05, 4.69) is 144 Å². The Balaban J connectivity index is 1.21. The first-order valence-corrected chi connectivity index (χ1v) is 18.7. The molecule has 0 atom stereocenters. The average molecular weight is 686 g/mol. The van der Waals surface area contributed by atoms with E-state index in [1.807, 2.05) is 46.9 Å². The lowest BCUT2D eigenvalue weighted by Gasteiger charge is -2.11. The molecule has 0 aliphatic carbocycles. The monoisotopic (exact) mass is 685 g/mol. The van der Waals surface area contributed by atoms with E-state index < -0.39 is 0 Å². The zero-order chi connectivity index (χ0) is 33.5. The zero-order valence-electron chi connectivity index (χ0n) is 27.2. The molecule has 7 aromatic carbocycles. The molecule has 0 fully saturated rings. The van der Waals surface area contributed by atoms with E-state index in [0.29, 0.717) is 0 Å². The molecule has 5 heteroatoms. The van der Waals surface area contributed by atoms with E-state index in [9.17, 15) is 0 Å². The van der Waals surface area contributed by atoms with Crippen LogP contribution in [0.4, 0.5) is 0 Å². The minimum Gasteiger partial charge on any atom is -0.307 e. The highest BCUT2D eigenvalue weighted by molar-refractivity contribution is 7.26. The van der Waals surface area contributed by atoms with E-state index in [4.69, 9.17) is 9.97 Å². The summed E-state index contributed by atoms with van der Waals surface area (Å²) in [6.45, 7) is 0. The Hall–Kier alpha value is -6.14. The molecule has 0 spiro atoms. The van der Waals surface area contributed by atoms with Gasteiger partial charge in [-0.25, -0.2) is 9.97 Å². The Kier molecular flexibility index (Phi) is 6.29. The first-order chi connectivity index (χ1) is 25.3. The number of para-hydroxylation sites is 1. The molecule has 3 nitrogen and oxygen atoms in total. The summed E-state index contributed by atoms with van der Waals surface area (Å²) in [5, 5.41) is 7.66. The van der Waals surface area contributed by atoms with Crippen molar-refractivity contribution in [3.05, 3.63) is 164 Å². The van der Waals surface area contributed by atoms with E-state index in [-0.39, 0.29) is 0 Å². The van der Waals surface area contributed by atoms with Crippen molar-refractivity contribution >= 4 is 84.8 Å². The number of hydrogen-bond donors (Lipinski definition) is 0. The lowest BCUT2D eigenvalue weighted by Crippen LogP contribution is -1.96.